The Kier molecular flexibility index (Phi) is 3.29. The zero-order chi connectivity index (χ0) is 12.5. The van der Waals surface area contributed by atoms with Gasteiger partial charge in [0, 0.05) is 0 Å². The van der Waals surface area contributed by atoms with Crippen LogP contribution in [0.2, 0.25) is 0 Å². The summed E-state index contributed by atoms with van der Waals surface area (Å²) in [4.78, 5) is 12.3. The average Bonchev–Trinajstić information content (AvgIpc) is 2.28. The lowest BCUT2D eigenvalue weighted by atomic mass is 9.73. The van der Waals surface area contributed by atoms with Gasteiger partial charge < -0.3 is 5.73 Å². The van der Waals surface area contributed by atoms with Crippen molar-refractivity contribution in [1.82, 2.24) is 0 Å². The van der Waals surface area contributed by atoms with E-state index in [1.54, 1.807) is 12.1 Å². The molecule has 1 saturated carbocycles. The zero-order valence-corrected chi connectivity index (χ0v) is 10.1. The van der Waals surface area contributed by atoms with Crippen molar-refractivity contribution >= 4 is 5.78 Å². The molecule has 3 heteroatoms. The van der Waals surface area contributed by atoms with Crippen LogP contribution < -0.4 is 5.73 Å². The van der Waals surface area contributed by atoms with E-state index in [9.17, 15) is 9.18 Å². The molecule has 2 N–H and O–H groups in total. The predicted molar refractivity (Wildman–Crippen MR) is 65.3 cm³/mol. The lowest BCUT2D eigenvalue weighted by Gasteiger charge is -2.35. The number of carbonyl (C=O) groups is 1. The minimum absolute atomic E-state index is 0.129. The summed E-state index contributed by atoms with van der Waals surface area (Å²) < 4.78 is 13.6. The molecule has 2 nitrogen and oxygen atoms in total. The standard InChI is InChI=1S/C14H18FNO/c1-10-5-4-8-14(16,9-10)13(17)11-6-2-3-7-12(11)15/h2-3,6-7,10H,4-5,8-9,16H2,1H3. The van der Waals surface area contributed by atoms with Gasteiger partial charge in [0.1, 0.15) is 5.82 Å². The highest BCUT2D eigenvalue weighted by molar-refractivity contribution is 6.03. The summed E-state index contributed by atoms with van der Waals surface area (Å²) >= 11 is 0. The van der Waals surface area contributed by atoms with E-state index in [1.807, 2.05) is 0 Å². The second-order valence-corrected chi connectivity index (χ2v) is 5.17. The lowest BCUT2D eigenvalue weighted by Crippen LogP contribution is -2.51. The van der Waals surface area contributed by atoms with Gasteiger partial charge in [0.2, 0.25) is 0 Å². The number of nitrogens with two attached hydrogens (primary N) is 1. The van der Waals surface area contributed by atoms with Crippen LogP contribution in [0.25, 0.3) is 0 Å². The van der Waals surface area contributed by atoms with Gasteiger partial charge in [-0.05, 0) is 30.9 Å². The molecule has 1 aliphatic carbocycles. The number of ketones is 1. The third kappa shape index (κ3) is 2.39. The highest BCUT2D eigenvalue weighted by Crippen LogP contribution is 2.33. The molecular formula is C14H18FNO. The molecule has 0 radical (unpaired) electrons. The first-order valence-corrected chi connectivity index (χ1v) is 6.11. The fourth-order valence-corrected chi connectivity index (χ4v) is 2.71. The third-order valence-corrected chi connectivity index (χ3v) is 3.60. The monoisotopic (exact) mass is 235 g/mol. The first kappa shape index (κ1) is 12.2. The molecule has 2 atom stereocenters. The summed E-state index contributed by atoms with van der Waals surface area (Å²) in [5.74, 6) is -0.285. The van der Waals surface area contributed by atoms with Crippen LogP contribution >= 0.6 is 0 Å². The van der Waals surface area contributed by atoms with Crippen LogP contribution in [0.3, 0.4) is 0 Å². The van der Waals surface area contributed by atoms with Gasteiger partial charge in [-0.15, -0.1) is 0 Å². The van der Waals surface area contributed by atoms with Crippen molar-refractivity contribution in [3.05, 3.63) is 35.6 Å². The molecule has 1 fully saturated rings. The van der Waals surface area contributed by atoms with Gasteiger partial charge in [0.15, 0.2) is 5.78 Å². The zero-order valence-electron chi connectivity index (χ0n) is 10.1. The molecule has 0 bridgehead atoms. The Morgan fingerprint density at radius 3 is 2.82 bits per heavy atom. The summed E-state index contributed by atoms with van der Waals surface area (Å²) in [7, 11) is 0. The molecule has 0 spiro atoms. The number of benzene rings is 1. The number of rotatable bonds is 2. The maximum atomic E-state index is 13.6. The maximum Gasteiger partial charge on any atom is 0.185 e. The van der Waals surface area contributed by atoms with Crippen LogP contribution in [0.1, 0.15) is 43.0 Å². The molecule has 0 saturated heterocycles. The molecule has 0 aliphatic heterocycles. The molecule has 0 heterocycles. The molecule has 0 aromatic heterocycles. The summed E-state index contributed by atoms with van der Waals surface area (Å²) in [6, 6.07) is 6.08. The minimum Gasteiger partial charge on any atom is -0.319 e. The lowest BCUT2D eigenvalue weighted by molar-refractivity contribution is 0.0815. The highest BCUT2D eigenvalue weighted by atomic mass is 19.1. The van der Waals surface area contributed by atoms with E-state index in [4.69, 9.17) is 5.73 Å². The van der Waals surface area contributed by atoms with Gasteiger partial charge in [-0.3, -0.25) is 4.79 Å². The van der Waals surface area contributed by atoms with Gasteiger partial charge in [-0.2, -0.15) is 0 Å². The Labute approximate surface area is 101 Å². The fraction of sp³-hybridized carbons (Fsp3) is 0.500. The minimum atomic E-state index is -0.875. The second-order valence-electron chi connectivity index (χ2n) is 5.17. The van der Waals surface area contributed by atoms with Crippen LogP contribution in [-0.2, 0) is 0 Å². The fourth-order valence-electron chi connectivity index (χ4n) is 2.71. The van der Waals surface area contributed by atoms with Crippen molar-refractivity contribution < 1.29 is 9.18 Å². The molecule has 0 amide bonds. The molecule has 2 rings (SSSR count). The molecule has 1 aromatic rings. The number of Topliss-reactive ketones (excluding diaryl/α,β-unsaturated/α-hetero) is 1. The van der Waals surface area contributed by atoms with E-state index in [0.717, 1.165) is 12.8 Å². The van der Waals surface area contributed by atoms with Gasteiger partial charge in [0.05, 0.1) is 11.1 Å². The second kappa shape index (κ2) is 4.57. The number of halogens is 1. The topological polar surface area (TPSA) is 43.1 Å². The summed E-state index contributed by atoms with van der Waals surface area (Å²) in [6.45, 7) is 2.09. The van der Waals surface area contributed by atoms with E-state index in [2.05, 4.69) is 6.92 Å². The summed E-state index contributed by atoms with van der Waals surface area (Å²) in [6.07, 6.45) is 3.35. The first-order valence-electron chi connectivity index (χ1n) is 6.11. The Morgan fingerprint density at radius 2 is 2.18 bits per heavy atom. The van der Waals surface area contributed by atoms with Crippen LogP contribution in [0.4, 0.5) is 4.39 Å². The Balaban J connectivity index is 2.28. The molecule has 92 valence electrons. The quantitative estimate of drug-likeness (QED) is 0.801. The predicted octanol–water partition coefficient (Wildman–Crippen LogP) is 2.92. The van der Waals surface area contributed by atoms with E-state index in [0.29, 0.717) is 18.8 Å². The molecule has 17 heavy (non-hydrogen) atoms. The van der Waals surface area contributed by atoms with Crippen molar-refractivity contribution in [1.29, 1.82) is 0 Å². The SMILES string of the molecule is CC1CCCC(N)(C(=O)c2ccccc2F)C1. The number of hydrogen-bond donors (Lipinski definition) is 1. The Bertz CT molecular complexity index is 432. The van der Waals surface area contributed by atoms with E-state index in [1.165, 1.54) is 12.1 Å². The van der Waals surface area contributed by atoms with Crippen molar-refractivity contribution in [2.75, 3.05) is 0 Å². The van der Waals surface area contributed by atoms with Crippen LogP contribution in [0.15, 0.2) is 24.3 Å². The van der Waals surface area contributed by atoms with Crippen LogP contribution in [0.5, 0.6) is 0 Å². The maximum absolute atomic E-state index is 13.6. The van der Waals surface area contributed by atoms with Gasteiger partial charge >= 0.3 is 0 Å². The highest BCUT2D eigenvalue weighted by Gasteiger charge is 2.39. The van der Waals surface area contributed by atoms with E-state index >= 15 is 0 Å². The van der Waals surface area contributed by atoms with Crippen molar-refractivity contribution in [3.8, 4) is 0 Å². The smallest absolute Gasteiger partial charge is 0.185 e. The normalized spacial score (nSPS) is 29.0. The van der Waals surface area contributed by atoms with Crippen molar-refractivity contribution in [2.45, 2.75) is 38.1 Å². The Morgan fingerprint density at radius 1 is 1.47 bits per heavy atom. The summed E-state index contributed by atoms with van der Waals surface area (Å²) in [5.41, 5.74) is 5.43. The van der Waals surface area contributed by atoms with Crippen LogP contribution in [-0.4, -0.2) is 11.3 Å². The number of carbonyl (C=O) groups excluding carboxylic acids is 1. The largest absolute Gasteiger partial charge is 0.319 e. The van der Waals surface area contributed by atoms with Crippen LogP contribution in [0, 0.1) is 11.7 Å². The van der Waals surface area contributed by atoms with Gasteiger partial charge in [-0.1, -0.05) is 31.9 Å². The Hall–Kier alpha value is -1.22. The van der Waals surface area contributed by atoms with Crippen molar-refractivity contribution in [3.63, 3.8) is 0 Å². The van der Waals surface area contributed by atoms with E-state index in [-0.39, 0.29) is 11.3 Å². The van der Waals surface area contributed by atoms with Gasteiger partial charge in [-0.25, -0.2) is 4.39 Å². The number of hydrogen-bond acceptors (Lipinski definition) is 2. The van der Waals surface area contributed by atoms with Gasteiger partial charge in [0.25, 0.3) is 0 Å². The molecule has 1 aliphatic rings. The third-order valence-electron chi connectivity index (χ3n) is 3.60. The molecule has 2 unspecified atom stereocenters. The van der Waals surface area contributed by atoms with Crippen molar-refractivity contribution in [2.24, 2.45) is 11.7 Å². The molecular weight excluding hydrogens is 217 g/mol. The summed E-state index contributed by atoms with van der Waals surface area (Å²) in [5, 5.41) is 0. The van der Waals surface area contributed by atoms with E-state index < -0.39 is 11.4 Å². The first-order chi connectivity index (χ1) is 8.03. The average molecular weight is 235 g/mol. The molecule has 1 aromatic carbocycles.